The summed E-state index contributed by atoms with van der Waals surface area (Å²) in [6.45, 7) is 6.26. The minimum Gasteiger partial charge on any atom is -0.508 e. The van der Waals surface area contributed by atoms with Gasteiger partial charge < -0.3 is 9.94 Å². The second-order valence-corrected chi connectivity index (χ2v) is 6.49. The molecule has 0 atom stereocenters. The first-order chi connectivity index (χ1) is 12.5. The van der Waals surface area contributed by atoms with Gasteiger partial charge in [0.1, 0.15) is 12.4 Å². The Kier molecular flexibility index (Phi) is 5.37. The van der Waals surface area contributed by atoms with E-state index in [0.29, 0.717) is 6.61 Å². The van der Waals surface area contributed by atoms with E-state index in [4.69, 9.17) is 4.84 Å². The quantitative estimate of drug-likeness (QED) is 0.482. The van der Waals surface area contributed by atoms with Gasteiger partial charge >= 0.3 is 0 Å². The summed E-state index contributed by atoms with van der Waals surface area (Å²) in [5.41, 5.74) is 6.83. The largest absolute Gasteiger partial charge is 0.508 e. The molecule has 26 heavy (non-hydrogen) atoms. The zero-order valence-corrected chi connectivity index (χ0v) is 15.4. The molecule has 0 aliphatic heterocycles. The maximum atomic E-state index is 10.2. The van der Waals surface area contributed by atoms with E-state index in [0.717, 1.165) is 33.5 Å². The molecule has 0 saturated heterocycles. The molecule has 0 fully saturated rings. The first kappa shape index (κ1) is 17.7. The van der Waals surface area contributed by atoms with E-state index in [1.807, 2.05) is 50.2 Å². The summed E-state index contributed by atoms with van der Waals surface area (Å²) in [5.74, 6) is 0.257. The molecule has 0 radical (unpaired) electrons. The second kappa shape index (κ2) is 7.87. The Labute approximate surface area is 154 Å². The van der Waals surface area contributed by atoms with Crippen molar-refractivity contribution in [3.8, 4) is 16.9 Å². The number of hydrogen-bond donors (Lipinski definition) is 1. The standard InChI is InChI=1S/C23H23NO2/c1-16-9-11-19(12-10-16)15-26-24-18(3)21-14-23(25)17(2)13-22(21)20-7-5-4-6-8-20/h4-14,25H,15H2,1-3H3/b24-18+. The zero-order valence-electron chi connectivity index (χ0n) is 15.4. The van der Waals surface area contributed by atoms with Crippen LogP contribution < -0.4 is 0 Å². The van der Waals surface area contributed by atoms with E-state index in [9.17, 15) is 5.11 Å². The summed E-state index contributed by atoms with van der Waals surface area (Å²) >= 11 is 0. The number of rotatable bonds is 5. The molecule has 3 aromatic rings. The Morgan fingerprint density at radius 2 is 1.65 bits per heavy atom. The van der Waals surface area contributed by atoms with Crippen molar-refractivity contribution in [3.05, 3.63) is 89.0 Å². The Balaban J connectivity index is 1.87. The highest BCUT2D eigenvalue weighted by Crippen LogP contribution is 2.30. The maximum Gasteiger partial charge on any atom is 0.142 e. The van der Waals surface area contributed by atoms with Gasteiger partial charge in [-0.2, -0.15) is 0 Å². The molecule has 3 heteroatoms. The Hall–Kier alpha value is -3.07. The van der Waals surface area contributed by atoms with Gasteiger partial charge in [-0.05, 0) is 55.2 Å². The van der Waals surface area contributed by atoms with Crippen LogP contribution in [0.4, 0.5) is 0 Å². The van der Waals surface area contributed by atoms with Crippen molar-refractivity contribution in [1.82, 2.24) is 0 Å². The van der Waals surface area contributed by atoms with Crippen LogP contribution in [0.2, 0.25) is 0 Å². The topological polar surface area (TPSA) is 41.8 Å². The molecule has 3 rings (SSSR count). The van der Waals surface area contributed by atoms with E-state index < -0.39 is 0 Å². The maximum absolute atomic E-state index is 10.2. The second-order valence-electron chi connectivity index (χ2n) is 6.49. The molecule has 0 aliphatic carbocycles. The van der Waals surface area contributed by atoms with E-state index >= 15 is 0 Å². The fourth-order valence-electron chi connectivity index (χ4n) is 2.79. The van der Waals surface area contributed by atoms with Gasteiger partial charge in [-0.3, -0.25) is 0 Å². The van der Waals surface area contributed by atoms with Crippen LogP contribution in [0, 0.1) is 13.8 Å². The number of benzene rings is 3. The number of phenols is 1. The van der Waals surface area contributed by atoms with Crippen LogP contribution in [0.15, 0.2) is 71.9 Å². The number of nitrogens with zero attached hydrogens (tertiary/aromatic N) is 1. The average molecular weight is 345 g/mol. The highest BCUT2D eigenvalue weighted by Gasteiger charge is 2.12. The number of aryl methyl sites for hydroxylation is 2. The van der Waals surface area contributed by atoms with Gasteiger partial charge in [0, 0.05) is 5.56 Å². The zero-order chi connectivity index (χ0) is 18.5. The first-order valence-electron chi connectivity index (χ1n) is 8.66. The molecular weight excluding hydrogens is 322 g/mol. The lowest BCUT2D eigenvalue weighted by Crippen LogP contribution is -2.01. The van der Waals surface area contributed by atoms with Crippen LogP contribution in [0.3, 0.4) is 0 Å². The minimum absolute atomic E-state index is 0.257. The van der Waals surface area contributed by atoms with Crippen LogP contribution in [-0.4, -0.2) is 10.8 Å². The van der Waals surface area contributed by atoms with Gasteiger partial charge in [0.15, 0.2) is 0 Å². The summed E-state index contributed by atoms with van der Waals surface area (Å²) in [5, 5.41) is 14.4. The monoisotopic (exact) mass is 345 g/mol. The number of hydrogen-bond acceptors (Lipinski definition) is 3. The predicted octanol–water partition coefficient (Wildman–Crippen LogP) is 5.62. The summed E-state index contributed by atoms with van der Waals surface area (Å²) in [7, 11) is 0. The lowest BCUT2D eigenvalue weighted by molar-refractivity contribution is 0.130. The Bertz CT molecular complexity index is 913. The summed E-state index contributed by atoms with van der Waals surface area (Å²) < 4.78 is 0. The van der Waals surface area contributed by atoms with Crippen molar-refractivity contribution in [3.63, 3.8) is 0 Å². The SMILES string of the molecule is C/C(=N\OCc1ccc(C)cc1)c1cc(O)c(C)cc1-c1ccccc1. The van der Waals surface area contributed by atoms with Gasteiger partial charge in [-0.1, -0.05) is 65.3 Å². The molecule has 0 bridgehead atoms. The predicted molar refractivity (Wildman–Crippen MR) is 106 cm³/mol. The van der Waals surface area contributed by atoms with Crippen molar-refractivity contribution < 1.29 is 9.94 Å². The molecule has 3 aromatic carbocycles. The fraction of sp³-hybridized carbons (Fsp3) is 0.174. The number of phenolic OH excluding ortho intramolecular Hbond substituents is 1. The summed E-state index contributed by atoms with van der Waals surface area (Å²) in [6, 6.07) is 22.0. The normalized spacial score (nSPS) is 11.4. The lowest BCUT2D eigenvalue weighted by atomic mass is 9.95. The minimum atomic E-state index is 0.257. The molecule has 0 saturated carbocycles. The average Bonchev–Trinajstić information content (AvgIpc) is 2.66. The fourth-order valence-corrected chi connectivity index (χ4v) is 2.79. The van der Waals surface area contributed by atoms with Crippen molar-refractivity contribution in [2.24, 2.45) is 5.16 Å². The van der Waals surface area contributed by atoms with E-state index in [1.54, 1.807) is 6.07 Å². The van der Waals surface area contributed by atoms with Crippen molar-refractivity contribution in [1.29, 1.82) is 0 Å². The van der Waals surface area contributed by atoms with E-state index in [1.165, 1.54) is 5.56 Å². The van der Waals surface area contributed by atoms with Gasteiger partial charge in [-0.15, -0.1) is 0 Å². The molecule has 0 spiro atoms. The molecule has 0 aliphatic rings. The molecule has 0 heterocycles. The van der Waals surface area contributed by atoms with E-state index in [2.05, 4.69) is 36.3 Å². The third kappa shape index (κ3) is 4.12. The summed E-state index contributed by atoms with van der Waals surface area (Å²) in [6.07, 6.45) is 0. The number of aromatic hydroxyl groups is 1. The lowest BCUT2D eigenvalue weighted by Gasteiger charge is -2.12. The van der Waals surface area contributed by atoms with Crippen LogP contribution in [-0.2, 0) is 11.4 Å². The van der Waals surface area contributed by atoms with Crippen molar-refractivity contribution >= 4 is 5.71 Å². The third-order valence-corrected chi connectivity index (χ3v) is 4.36. The van der Waals surface area contributed by atoms with Crippen LogP contribution >= 0.6 is 0 Å². The Morgan fingerprint density at radius 1 is 0.962 bits per heavy atom. The third-order valence-electron chi connectivity index (χ3n) is 4.36. The molecule has 0 amide bonds. The molecule has 3 nitrogen and oxygen atoms in total. The highest BCUT2D eigenvalue weighted by molar-refractivity contribution is 6.04. The smallest absolute Gasteiger partial charge is 0.142 e. The summed E-state index contributed by atoms with van der Waals surface area (Å²) in [4.78, 5) is 5.54. The van der Waals surface area contributed by atoms with Gasteiger partial charge in [0.05, 0.1) is 5.71 Å². The van der Waals surface area contributed by atoms with Crippen molar-refractivity contribution in [2.45, 2.75) is 27.4 Å². The van der Waals surface area contributed by atoms with Gasteiger partial charge in [0.2, 0.25) is 0 Å². The first-order valence-corrected chi connectivity index (χ1v) is 8.66. The van der Waals surface area contributed by atoms with Gasteiger partial charge in [0.25, 0.3) is 0 Å². The molecule has 0 unspecified atom stereocenters. The molecule has 1 N–H and O–H groups in total. The molecular formula is C23H23NO2. The van der Waals surface area contributed by atoms with Crippen LogP contribution in [0.5, 0.6) is 5.75 Å². The van der Waals surface area contributed by atoms with Crippen molar-refractivity contribution in [2.75, 3.05) is 0 Å². The number of oxime groups is 1. The highest BCUT2D eigenvalue weighted by atomic mass is 16.6. The molecule has 0 aromatic heterocycles. The molecule has 132 valence electrons. The van der Waals surface area contributed by atoms with Gasteiger partial charge in [-0.25, -0.2) is 0 Å². The van der Waals surface area contributed by atoms with E-state index in [-0.39, 0.29) is 5.75 Å². The van der Waals surface area contributed by atoms with Crippen LogP contribution in [0.1, 0.15) is 29.2 Å². The van der Waals surface area contributed by atoms with Crippen LogP contribution in [0.25, 0.3) is 11.1 Å². The Morgan fingerprint density at radius 3 is 2.35 bits per heavy atom.